The van der Waals surface area contributed by atoms with Crippen molar-refractivity contribution >= 4 is 0 Å². The summed E-state index contributed by atoms with van der Waals surface area (Å²) < 4.78 is 5.94. The van der Waals surface area contributed by atoms with E-state index < -0.39 is 0 Å². The van der Waals surface area contributed by atoms with E-state index in [-0.39, 0.29) is 6.10 Å². The van der Waals surface area contributed by atoms with Crippen LogP contribution in [0.5, 0.6) is 5.88 Å². The van der Waals surface area contributed by atoms with Crippen LogP contribution in [0.25, 0.3) is 0 Å². The summed E-state index contributed by atoms with van der Waals surface area (Å²) in [6.45, 7) is 4.55. The lowest BCUT2D eigenvalue weighted by Crippen LogP contribution is -2.28. The van der Waals surface area contributed by atoms with Gasteiger partial charge in [0.1, 0.15) is 6.10 Å². The topological polar surface area (TPSA) is 61.0 Å². The summed E-state index contributed by atoms with van der Waals surface area (Å²) in [5.74, 6) is 1.15. The van der Waals surface area contributed by atoms with Gasteiger partial charge in [-0.1, -0.05) is 0 Å². The summed E-state index contributed by atoms with van der Waals surface area (Å²) in [5, 5.41) is 0. The third-order valence-corrected chi connectivity index (χ3v) is 3.19. The van der Waals surface area contributed by atoms with Crippen LogP contribution in [0, 0.1) is 19.8 Å². The Hall–Kier alpha value is -1.16. The third kappa shape index (κ3) is 2.32. The van der Waals surface area contributed by atoms with Crippen LogP contribution in [0.4, 0.5) is 0 Å². The Kier molecular flexibility index (Phi) is 3.39. The quantitative estimate of drug-likeness (QED) is 0.842. The Labute approximate surface area is 96.2 Å². The molecule has 4 heteroatoms. The van der Waals surface area contributed by atoms with Crippen LogP contribution in [0.15, 0.2) is 6.20 Å². The molecule has 1 heterocycles. The minimum absolute atomic E-state index is 0.222. The molecule has 1 saturated carbocycles. The molecule has 1 aliphatic carbocycles. The van der Waals surface area contributed by atoms with Crippen molar-refractivity contribution in [2.75, 3.05) is 6.54 Å². The van der Waals surface area contributed by atoms with Gasteiger partial charge in [0, 0.05) is 12.1 Å². The molecule has 1 aliphatic rings. The van der Waals surface area contributed by atoms with Crippen LogP contribution in [-0.2, 0) is 0 Å². The molecule has 1 aromatic rings. The number of aryl methyl sites for hydroxylation is 2. The van der Waals surface area contributed by atoms with Gasteiger partial charge >= 0.3 is 0 Å². The Morgan fingerprint density at radius 1 is 1.44 bits per heavy atom. The van der Waals surface area contributed by atoms with Crippen LogP contribution in [-0.4, -0.2) is 22.6 Å². The van der Waals surface area contributed by atoms with E-state index in [1.807, 2.05) is 13.8 Å². The molecule has 0 saturated heterocycles. The molecular weight excluding hydrogens is 202 g/mol. The maximum Gasteiger partial charge on any atom is 0.235 e. The summed E-state index contributed by atoms with van der Waals surface area (Å²) in [5.41, 5.74) is 7.48. The zero-order valence-corrected chi connectivity index (χ0v) is 9.94. The Balaban J connectivity index is 2.11. The van der Waals surface area contributed by atoms with Crippen molar-refractivity contribution in [2.45, 2.75) is 39.2 Å². The molecule has 2 rings (SSSR count). The molecule has 1 aromatic heterocycles. The van der Waals surface area contributed by atoms with Crippen molar-refractivity contribution < 1.29 is 4.74 Å². The van der Waals surface area contributed by atoms with Gasteiger partial charge in [0.25, 0.3) is 0 Å². The van der Waals surface area contributed by atoms with Crippen LogP contribution >= 0.6 is 0 Å². The highest BCUT2D eigenvalue weighted by Crippen LogP contribution is 2.29. The lowest BCUT2D eigenvalue weighted by atomic mass is 10.1. The first kappa shape index (κ1) is 11.3. The Morgan fingerprint density at radius 2 is 2.25 bits per heavy atom. The fourth-order valence-corrected chi connectivity index (χ4v) is 2.20. The van der Waals surface area contributed by atoms with Crippen molar-refractivity contribution in [1.82, 2.24) is 9.97 Å². The second-order valence-electron chi connectivity index (χ2n) is 4.48. The van der Waals surface area contributed by atoms with E-state index in [9.17, 15) is 0 Å². The molecule has 1 fully saturated rings. The van der Waals surface area contributed by atoms with Gasteiger partial charge in [0.2, 0.25) is 5.88 Å². The molecule has 0 bridgehead atoms. The standard InChI is InChI=1S/C12H19N3O/c1-8-7-14-9(2)12(15-8)16-11-5-3-4-10(11)6-13/h7,10-11H,3-6,13H2,1-2H3. The number of nitrogens with zero attached hydrogens (tertiary/aromatic N) is 2. The van der Waals surface area contributed by atoms with Crippen LogP contribution in [0.1, 0.15) is 30.7 Å². The van der Waals surface area contributed by atoms with Crippen molar-refractivity contribution in [3.05, 3.63) is 17.6 Å². The molecule has 0 aromatic carbocycles. The number of nitrogens with two attached hydrogens (primary N) is 1. The van der Waals surface area contributed by atoms with Gasteiger partial charge in [-0.15, -0.1) is 0 Å². The predicted molar refractivity (Wildman–Crippen MR) is 62.3 cm³/mol. The van der Waals surface area contributed by atoms with E-state index in [2.05, 4.69) is 9.97 Å². The smallest absolute Gasteiger partial charge is 0.235 e. The average molecular weight is 221 g/mol. The van der Waals surface area contributed by atoms with Gasteiger partial charge in [0.05, 0.1) is 11.4 Å². The largest absolute Gasteiger partial charge is 0.473 e. The van der Waals surface area contributed by atoms with Gasteiger partial charge < -0.3 is 10.5 Å². The first-order valence-electron chi connectivity index (χ1n) is 5.87. The molecule has 2 unspecified atom stereocenters. The molecule has 4 nitrogen and oxygen atoms in total. The van der Waals surface area contributed by atoms with E-state index >= 15 is 0 Å². The normalized spacial score (nSPS) is 24.7. The lowest BCUT2D eigenvalue weighted by molar-refractivity contribution is 0.153. The van der Waals surface area contributed by atoms with E-state index in [1.54, 1.807) is 6.20 Å². The van der Waals surface area contributed by atoms with E-state index in [0.717, 1.165) is 17.8 Å². The highest BCUT2D eigenvalue weighted by molar-refractivity contribution is 5.18. The summed E-state index contributed by atoms with van der Waals surface area (Å²) in [4.78, 5) is 8.63. The zero-order chi connectivity index (χ0) is 11.5. The maximum atomic E-state index is 5.94. The SMILES string of the molecule is Cc1cnc(C)c(OC2CCCC2CN)n1. The van der Waals surface area contributed by atoms with Gasteiger partial charge in [-0.25, -0.2) is 4.98 Å². The predicted octanol–water partition coefficient (Wildman–Crippen LogP) is 1.60. The van der Waals surface area contributed by atoms with Gasteiger partial charge in [0.15, 0.2) is 0 Å². The second kappa shape index (κ2) is 4.78. The monoisotopic (exact) mass is 221 g/mol. The fraction of sp³-hybridized carbons (Fsp3) is 0.667. The number of ether oxygens (including phenoxy) is 1. The maximum absolute atomic E-state index is 5.94. The zero-order valence-electron chi connectivity index (χ0n) is 9.94. The first-order valence-corrected chi connectivity index (χ1v) is 5.87. The van der Waals surface area contributed by atoms with E-state index in [4.69, 9.17) is 10.5 Å². The lowest BCUT2D eigenvalue weighted by Gasteiger charge is -2.19. The number of rotatable bonds is 3. The molecule has 0 spiro atoms. The van der Waals surface area contributed by atoms with Gasteiger partial charge in [-0.05, 0) is 39.7 Å². The van der Waals surface area contributed by atoms with Crippen molar-refractivity contribution in [3.8, 4) is 5.88 Å². The molecule has 2 atom stereocenters. The molecule has 0 aliphatic heterocycles. The minimum atomic E-state index is 0.222. The fourth-order valence-electron chi connectivity index (χ4n) is 2.20. The molecular formula is C12H19N3O. The number of hydrogen-bond donors (Lipinski definition) is 1. The van der Waals surface area contributed by atoms with Crippen LogP contribution in [0.2, 0.25) is 0 Å². The summed E-state index contributed by atoms with van der Waals surface area (Å²) in [6, 6.07) is 0. The minimum Gasteiger partial charge on any atom is -0.473 e. The van der Waals surface area contributed by atoms with Gasteiger partial charge in [-0.3, -0.25) is 4.98 Å². The second-order valence-corrected chi connectivity index (χ2v) is 4.48. The Bertz CT molecular complexity index is 367. The van der Waals surface area contributed by atoms with E-state index in [1.165, 1.54) is 12.8 Å². The van der Waals surface area contributed by atoms with Gasteiger partial charge in [-0.2, -0.15) is 0 Å². The van der Waals surface area contributed by atoms with Crippen LogP contribution in [0.3, 0.4) is 0 Å². The highest BCUT2D eigenvalue weighted by atomic mass is 16.5. The third-order valence-electron chi connectivity index (χ3n) is 3.19. The van der Waals surface area contributed by atoms with E-state index in [0.29, 0.717) is 18.3 Å². The Morgan fingerprint density at radius 3 is 3.00 bits per heavy atom. The van der Waals surface area contributed by atoms with Crippen LogP contribution < -0.4 is 10.5 Å². The highest BCUT2D eigenvalue weighted by Gasteiger charge is 2.28. The molecule has 88 valence electrons. The molecule has 16 heavy (non-hydrogen) atoms. The summed E-state index contributed by atoms with van der Waals surface area (Å²) >= 11 is 0. The average Bonchev–Trinajstić information content (AvgIpc) is 2.71. The molecule has 0 amide bonds. The van der Waals surface area contributed by atoms with Crippen molar-refractivity contribution in [1.29, 1.82) is 0 Å². The molecule has 2 N–H and O–H groups in total. The van der Waals surface area contributed by atoms with Crippen molar-refractivity contribution in [3.63, 3.8) is 0 Å². The molecule has 0 radical (unpaired) electrons. The summed E-state index contributed by atoms with van der Waals surface area (Å²) in [6.07, 6.45) is 5.43. The first-order chi connectivity index (χ1) is 7.70. The summed E-state index contributed by atoms with van der Waals surface area (Å²) in [7, 11) is 0. The number of aromatic nitrogens is 2. The number of hydrogen-bond acceptors (Lipinski definition) is 4. The van der Waals surface area contributed by atoms with Crippen molar-refractivity contribution in [2.24, 2.45) is 11.7 Å².